The normalized spacial score (nSPS) is 12.7. The molecule has 1 aromatic carbocycles. The van der Waals surface area contributed by atoms with Crippen LogP contribution in [0.25, 0.3) is 0 Å². The molecule has 17 heavy (non-hydrogen) atoms. The fourth-order valence-corrected chi connectivity index (χ4v) is 2.42. The Morgan fingerprint density at radius 2 is 2.06 bits per heavy atom. The van der Waals surface area contributed by atoms with E-state index in [-0.39, 0.29) is 0 Å². The van der Waals surface area contributed by atoms with Crippen molar-refractivity contribution in [3.63, 3.8) is 0 Å². The summed E-state index contributed by atoms with van der Waals surface area (Å²) in [6.45, 7) is 1.61. The summed E-state index contributed by atoms with van der Waals surface area (Å²) in [5.41, 5.74) is 7.81. The Morgan fingerprint density at radius 1 is 1.29 bits per heavy atom. The third-order valence-corrected chi connectivity index (χ3v) is 3.45. The maximum atomic E-state index is 13.6. The standard InChI is InChI=1S/C13H13F2NS/c1-8-4-10(12(15)6-11(8)14)13(16)5-9-2-3-17-7-9/h2-4,6-7,13H,5,16H2,1H3. The number of thiophene rings is 1. The second-order valence-electron chi connectivity index (χ2n) is 4.07. The van der Waals surface area contributed by atoms with Gasteiger partial charge in [0.05, 0.1) is 0 Å². The zero-order valence-corrected chi connectivity index (χ0v) is 10.2. The minimum absolute atomic E-state index is 0.370. The molecule has 1 nitrogen and oxygen atoms in total. The maximum Gasteiger partial charge on any atom is 0.130 e. The van der Waals surface area contributed by atoms with Gasteiger partial charge in [-0.25, -0.2) is 8.78 Å². The van der Waals surface area contributed by atoms with Crippen LogP contribution >= 0.6 is 11.3 Å². The van der Waals surface area contributed by atoms with Crippen molar-refractivity contribution in [1.29, 1.82) is 0 Å². The highest BCUT2D eigenvalue weighted by Gasteiger charge is 2.14. The lowest BCUT2D eigenvalue weighted by atomic mass is 9.99. The van der Waals surface area contributed by atoms with Crippen molar-refractivity contribution in [3.05, 3.63) is 57.3 Å². The van der Waals surface area contributed by atoms with Crippen molar-refractivity contribution in [2.24, 2.45) is 5.73 Å². The summed E-state index contributed by atoms with van der Waals surface area (Å²) in [5, 5.41) is 3.93. The number of halogens is 2. The van der Waals surface area contributed by atoms with E-state index in [1.807, 2.05) is 16.8 Å². The first-order chi connectivity index (χ1) is 8.08. The lowest BCUT2D eigenvalue weighted by molar-refractivity contribution is 0.550. The molecule has 2 N–H and O–H groups in total. The predicted molar refractivity (Wildman–Crippen MR) is 66.0 cm³/mol. The number of aryl methyl sites for hydroxylation is 1. The monoisotopic (exact) mass is 253 g/mol. The Bertz CT molecular complexity index is 508. The third kappa shape index (κ3) is 2.70. The predicted octanol–water partition coefficient (Wildman–Crippen LogP) is 3.58. The van der Waals surface area contributed by atoms with Crippen LogP contribution in [0.1, 0.15) is 22.7 Å². The van der Waals surface area contributed by atoms with E-state index in [0.29, 0.717) is 17.5 Å². The van der Waals surface area contributed by atoms with Crippen LogP contribution < -0.4 is 5.73 Å². The highest BCUT2D eigenvalue weighted by Crippen LogP contribution is 2.23. The Balaban J connectivity index is 2.24. The van der Waals surface area contributed by atoms with Crippen molar-refractivity contribution in [2.75, 3.05) is 0 Å². The fourth-order valence-electron chi connectivity index (χ4n) is 1.74. The van der Waals surface area contributed by atoms with Crippen molar-refractivity contribution in [1.82, 2.24) is 0 Å². The van der Waals surface area contributed by atoms with Crippen LogP contribution in [-0.4, -0.2) is 0 Å². The summed E-state index contributed by atoms with van der Waals surface area (Å²) in [7, 11) is 0. The highest BCUT2D eigenvalue weighted by molar-refractivity contribution is 7.07. The molecule has 90 valence electrons. The third-order valence-electron chi connectivity index (χ3n) is 2.71. The second kappa shape index (κ2) is 4.94. The van der Waals surface area contributed by atoms with Crippen molar-refractivity contribution in [2.45, 2.75) is 19.4 Å². The average Bonchev–Trinajstić information content (AvgIpc) is 2.76. The van der Waals surface area contributed by atoms with Gasteiger partial charge in [0.2, 0.25) is 0 Å². The molecule has 0 spiro atoms. The molecule has 0 saturated carbocycles. The number of hydrogen-bond acceptors (Lipinski definition) is 2. The molecule has 2 rings (SSSR count). The lowest BCUT2D eigenvalue weighted by Gasteiger charge is -2.13. The van der Waals surface area contributed by atoms with E-state index in [1.54, 1.807) is 18.3 Å². The van der Waals surface area contributed by atoms with Crippen LogP contribution in [0.15, 0.2) is 29.0 Å². The van der Waals surface area contributed by atoms with E-state index in [9.17, 15) is 8.78 Å². The number of rotatable bonds is 3. The molecule has 0 bridgehead atoms. The molecule has 1 unspecified atom stereocenters. The van der Waals surface area contributed by atoms with E-state index in [1.165, 1.54) is 6.07 Å². The largest absolute Gasteiger partial charge is 0.324 e. The second-order valence-corrected chi connectivity index (χ2v) is 4.85. The van der Waals surface area contributed by atoms with Gasteiger partial charge in [-0.15, -0.1) is 0 Å². The first-order valence-electron chi connectivity index (χ1n) is 5.30. The van der Waals surface area contributed by atoms with Gasteiger partial charge < -0.3 is 5.73 Å². The quantitative estimate of drug-likeness (QED) is 0.889. The van der Waals surface area contributed by atoms with Crippen LogP contribution in [0.2, 0.25) is 0 Å². The molecule has 1 atom stereocenters. The molecule has 4 heteroatoms. The molecule has 1 aromatic heterocycles. The Morgan fingerprint density at radius 3 is 2.71 bits per heavy atom. The molecule has 0 radical (unpaired) electrons. The molecule has 0 amide bonds. The Kier molecular flexibility index (Phi) is 3.54. The first kappa shape index (κ1) is 12.2. The maximum absolute atomic E-state index is 13.6. The summed E-state index contributed by atoms with van der Waals surface area (Å²) in [6, 6.07) is 3.91. The molecule has 0 fully saturated rings. The van der Waals surface area contributed by atoms with Gasteiger partial charge in [0.25, 0.3) is 0 Å². The molecule has 0 aliphatic rings. The van der Waals surface area contributed by atoms with E-state index in [0.717, 1.165) is 11.6 Å². The molecule has 0 saturated heterocycles. The molecule has 0 aliphatic carbocycles. The molecular weight excluding hydrogens is 240 g/mol. The first-order valence-corrected chi connectivity index (χ1v) is 6.24. The van der Waals surface area contributed by atoms with Crippen LogP contribution in [-0.2, 0) is 6.42 Å². The smallest absolute Gasteiger partial charge is 0.130 e. The zero-order chi connectivity index (χ0) is 12.4. The van der Waals surface area contributed by atoms with E-state index in [4.69, 9.17) is 5.73 Å². The highest BCUT2D eigenvalue weighted by atomic mass is 32.1. The van der Waals surface area contributed by atoms with Gasteiger partial charge in [0, 0.05) is 17.7 Å². The van der Waals surface area contributed by atoms with Gasteiger partial charge in [-0.2, -0.15) is 11.3 Å². The van der Waals surface area contributed by atoms with Crippen LogP contribution in [0, 0.1) is 18.6 Å². The topological polar surface area (TPSA) is 26.0 Å². The summed E-state index contributed by atoms with van der Waals surface area (Å²) in [5.74, 6) is -1.11. The summed E-state index contributed by atoms with van der Waals surface area (Å²) < 4.78 is 26.7. The van der Waals surface area contributed by atoms with Gasteiger partial charge in [-0.1, -0.05) is 0 Å². The van der Waals surface area contributed by atoms with E-state index in [2.05, 4.69) is 0 Å². The minimum atomic E-state index is -0.573. The molecular formula is C13H13F2NS. The van der Waals surface area contributed by atoms with Gasteiger partial charge in [-0.05, 0) is 47.4 Å². The van der Waals surface area contributed by atoms with Crippen LogP contribution in [0.3, 0.4) is 0 Å². The van der Waals surface area contributed by atoms with Gasteiger partial charge in [-0.3, -0.25) is 0 Å². The molecule has 1 heterocycles. The summed E-state index contributed by atoms with van der Waals surface area (Å²) in [6.07, 6.45) is 0.561. The number of nitrogens with two attached hydrogens (primary N) is 1. The van der Waals surface area contributed by atoms with E-state index < -0.39 is 17.7 Å². The SMILES string of the molecule is Cc1cc(C(N)Cc2ccsc2)c(F)cc1F. The molecule has 2 aromatic rings. The van der Waals surface area contributed by atoms with Crippen LogP contribution in [0.4, 0.5) is 8.78 Å². The van der Waals surface area contributed by atoms with Crippen molar-refractivity contribution < 1.29 is 8.78 Å². The van der Waals surface area contributed by atoms with Gasteiger partial charge in [0.15, 0.2) is 0 Å². The number of benzene rings is 1. The van der Waals surface area contributed by atoms with Crippen molar-refractivity contribution in [3.8, 4) is 0 Å². The Hall–Kier alpha value is -1.26. The summed E-state index contributed by atoms with van der Waals surface area (Å²) in [4.78, 5) is 0. The Labute approximate surface area is 103 Å². The zero-order valence-electron chi connectivity index (χ0n) is 9.41. The van der Waals surface area contributed by atoms with E-state index >= 15 is 0 Å². The lowest BCUT2D eigenvalue weighted by Crippen LogP contribution is -2.15. The summed E-state index contributed by atoms with van der Waals surface area (Å²) >= 11 is 1.58. The minimum Gasteiger partial charge on any atom is -0.324 e. The van der Waals surface area contributed by atoms with Gasteiger partial charge in [0.1, 0.15) is 11.6 Å². The number of hydrogen-bond donors (Lipinski definition) is 1. The molecule has 0 aliphatic heterocycles. The average molecular weight is 253 g/mol. The van der Waals surface area contributed by atoms with Gasteiger partial charge >= 0.3 is 0 Å². The van der Waals surface area contributed by atoms with Crippen LogP contribution in [0.5, 0.6) is 0 Å². The van der Waals surface area contributed by atoms with Crippen molar-refractivity contribution >= 4 is 11.3 Å². The fraction of sp³-hybridized carbons (Fsp3) is 0.231.